The number of hydrogen-bond acceptors (Lipinski definition) is 5. The van der Waals surface area contributed by atoms with Crippen molar-refractivity contribution < 1.29 is 22.4 Å². The highest BCUT2D eigenvalue weighted by atomic mass is 35.5. The van der Waals surface area contributed by atoms with Gasteiger partial charge in [0.1, 0.15) is 11.5 Å². The van der Waals surface area contributed by atoms with Crippen molar-refractivity contribution in [2.45, 2.75) is 11.4 Å². The van der Waals surface area contributed by atoms with Gasteiger partial charge in [0, 0.05) is 10.7 Å². The Hall–Kier alpha value is -2.81. The van der Waals surface area contributed by atoms with Crippen molar-refractivity contribution in [3.05, 3.63) is 77.7 Å². The molecule has 0 bridgehead atoms. The first-order valence-electron chi connectivity index (χ1n) is 8.23. The summed E-state index contributed by atoms with van der Waals surface area (Å²) >= 11 is 5.79. The molecule has 0 aliphatic carbocycles. The molecule has 1 heterocycles. The van der Waals surface area contributed by atoms with Crippen LogP contribution in [0.5, 0.6) is 5.75 Å². The van der Waals surface area contributed by atoms with Gasteiger partial charge < -0.3 is 14.5 Å². The molecular weight excluding hydrogens is 404 g/mol. The first-order chi connectivity index (χ1) is 13.4. The lowest BCUT2D eigenvalue weighted by Gasteiger charge is -2.09. The molecule has 0 aliphatic heterocycles. The van der Waals surface area contributed by atoms with Gasteiger partial charge in [0.15, 0.2) is 6.61 Å². The molecule has 146 valence electrons. The zero-order valence-electron chi connectivity index (χ0n) is 14.6. The van der Waals surface area contributed by atoms with E-state index >= 15 is 0 Å². The van der Waals surface area contributed by atoms with Crippen LogP contribution in [-0.4, -0.2) is 20.9 Å². The van der Waals surface area contributed by atoms with Crippen molar-refractivity contribution in [1.29, 1.82) is 0 Å². The van der Waals surface area contributed by atoms with Crippen LogP contribution in [0.2, 0.25) is 5.02 Å². The highest BCUT2D eigenvalue weighted by molar-refractivity contribution is 7.89. The topological polar surface area (TPSA) is 97.6 Å². The Morgan fingerprint density at radius 2 is 1.75 bits per heavy atom. The number of ether oxygens (including phenoxy) is 1. The average molecular weight is 421 g/mol. The maximum atomic E-state index is 12.3. The van der Waals surface area contributed by atoms with Gasteiger partial charge in [-0.15, -0.1) is 0 Å². The van der Waals surface area contributed by atoms with Crippen LogP contribution in [0.15, 0.2) is 76.2 Å². The molecular formula is C19H17ClN2O5S. The molecule has 3 rings (SSSR count). The summed E-state index contributed by atoms with van der Waals surface area (Å²) < 4.78 is 37.4. The van der Waals surface area contributed by atoms with Gasteiger partial charge in [-0.05, 0) is 60.7 Å². The Kier molecular flexibility index (Phi) is 6.35. The van der Waals surface area contributed by atoms with E-state index in [1.807, 2.05) is 0 Å². The van der Waals surface area contributed by atoms with Crippen molar-refractivity contribution in [2.24, 2.45) is 0 Å². The van der Waals surface area contributed by atoms with E-state index in [0.29, 0.717) is 22.2 Å². The zero-order valence-corrected chi connectivity index (χ0v) is 16.2. The lowest BCUT2D eigenvalue weighted by atomic mass is 10.3. The lowest BCUT2D eigenvalue weighted by molar-refractivity contribution is -0.118. The molecule has 0 radical (unpaired) electrons. The molecule has 7 nitrogen and oxygen atoms in total. The summed E-state index contributed by atoms with van der Waals surface area (Å²) in [4.78, 5) is 12.0. The van der Waals surface area contributed by atoms with Gasteiger partial charge in [-0.1, -0.05) is 11.6 Å². The summed E-state index contributed by atoms with van der Waals surface area (Å²) in [5.74, 6) is 0.651. The number of furan rings is 1. The van der Waals surface area contributed by atoms with Crippen LogP contribution in [-0.2, 0) is 21.4 Å². The summed E-state index contributed by atoms with van der Waals surface area (Å²) in [6, 6.07) is 15.8. The van der Waals surface area contributed by atoms with Crippen molar-refractivity contribution in [2.75, 3.05) is 11.9 Å². The minimum Gasteiger partial charge on any atom is -0.484 e. The van der Waals surface area contributed by atoms with E-state index in [0.717, 1.165) is 0 Å². The summed E-state index contributed by atoms with van der Waals surface area (Å²) in [5.41, 5.74) is 0.453. The van der Waals surface area contributed by atoms with E-state index in [1.54, 1.807) is 36.4 Å². The third kappa shape index (κ3) is 5.59. The monoisotopic (exact) mass is 420 g/mol. The first-order valence-corrected chi connectivity index (χ1v) is 10.1. The van der Waals surface area contributed by atoms with E-state index in [2.05, 4.69) is 10.0 Å². The predicted molar refractivity (Wildman–Crippen MR) is 105 cm³/mol. The Bertz CT molecular complexity index is 1020. The Morgan fingerprint density at radius 1 is 1.04 bits per heavy atom. The van der Waals surface area contributed by atoms with Crippen molar-refractivity contribution in [3.8, 4) is 5.75 Å². The SMILES string of the molecule is O=C(COc1ccc(Cl)cc1)Nc1ccc(S(=O)(=O)NCc2ccco2)cc1. The molecule has 0 aliphatic rings. The molecule has 28 heavy (non-hydrogen) atoms. The third-order valence-corrected chi connectivity index (χ3v) is 5.32. The van der Waals surface area contributed by atoms with Crippen LogP contribution < -0.4 is 14.8 Å². The molecule has 0 saturated carbocycles. The smallest absolute Gasteiger partial charge is 0.262 e. The van der Waals surface area contributed by atoms with Crippen LogP contribution in [0.25, 0.3) is 0 Å². The number of nitrogens with one attached hydrogen (secondary N) is 2. The zero-order chi connectivity index (χ0) is 20.0. The molecule has 2 N–H and O–H groups in total. The molecule has 0 fully saturated rings. The fourth-order valence-corrected chi connectivity index (χ4v) is 3.38. The molecule has 0 unspecified atom stereocenters. The average Bonchev–Trinajstić information content (AvgIpc) is 3.20. The van der Waals surface area contributed by atoms with Crippen LogP contribution in [0.1, 0.15) is 5.76 Å². The van der Waals surface area contributed by atoms with Gasteiger partial charge in [-0.25, -0.2) is 13.1 Å². The van der Waals surface area contributed by atoms with E-state index in [4.69, 9.17) is 20.8 Å². The molecule has 1 aromatic heterocycles. The number of sulfonamides is 1. The Labute approximate surface area is 167 Å². The van der Waals surface area contributed by atoms with Gasteiger partial charge in [0.25, 0.3) is 5.91 Å². The van der Waals surface area contributed by atoms with Crippen molar-refractivity contribution in [1.82, 2.24) is 4.72 Å². The van der Waals surface area contributed by atoms with Crippen LogP contribution in [0.3, 0.4) is 0 Å². The standard InChI is InChI=1S/C19H17ClN2O5S/c20-14-3-7-16(8-4-14)27-13-19(23)22-15-5-9-18(10-6-15)28(24,25)21-12-17-2-1-11-26-17/h1-11,21H,12-13H2,(H,22,23). The Morgan fingerprint density at radius 3 is 2.39 bits per heavy atom. The minimum absolute atomic E-state index is 0.0514. The largest absolute Gasteiger partial charge is 0.484 e. The normalized spacial score (nSPS) is 11.2. The molecule has 9 heteroatoms. The van der Waals surface area contributed by atoms with E-state index < -0.39 is 10.0 Å². The van der Waals surface area contributed by atoms with E-state index in [9.17, 15) is 13.2 Å². The van der Waals surface area contributed by atoms with Gasteiger partial charge in [-0.2, -0.15) is 0 Å². The van der Waals surface area contributed by atoms with E-state index in [1.165, 1.54) is 30.5 Å². The number of carbonyl (C=O) groups excluding carboxylic acids is 1. The predicted octanol–water partition coefficient (Wildman–Crippen LogP) is 3.43. The number of carbonyl (C=O) groups is 1. The van der Waals surface area contributed by atoms with Gasteiger partial charge in [0.2, 0.25) is 10.0 Å². The molecule has 0 saturated heterocycles. The Balaban J connectivity index is 1.53. The second-order valence-electron chi connectivity index (χ2n) is 5.72. The van der Waals surface area contributed by atoms with Gasteiger partial charge in [0.05, 0.1) is 17.7 Å². The highest BCUT2D eigenvalue weighted by Gasteiger charge is 2.14. The fourth-order valence-electron chi connectivity index (χ4n) is 2.26. The summed E-state index contributed by atoms with van der Waals surface area (Å²) in [6.07, 6.45) is 1.47. The van der Waals surface area contributed by atoms with E-state index in [-0.39, 0.29) is 24.0 Å². The summed E-state index contributed by atoms with van der Waals surface area (Å²) in [7, 11) is -3.69. The number of hydrogen-bond donors (Lipinski definition) is 2. The molecule has 0 atom stereocenters. The maximum Gasteiger partial charge on any atom is 0.262 e. The number of halogens is 1. The first kappa shape index (κ1) is 19.9. The minimum atomic E-state index is -3.69. The number of benzene rings is 2. The highest BCUT2D eigenvalue weighted by Crippen LogP contribution is 2.17. The number of amides is 1. The van der Waals surface area contributed by atoms with Crippen molar-refractivity contribution in [3.63, 3.8) is 0 Å². The lowest BCUT2D eigenvalue weighted by Crippen LogP contribution is -2.23. The summed E-state index contributed by atoms with van der Waals surface area (Å²) in [6.45, 7) is -0.137. The second kappa shape index (κ2) is 8.92. The van der Waals surface area contributed by atoms with Crippen LogP contribution in [0, 0.1) is 0 Å². The maximum absolute atomic E-state index is 12.3. The quantitative estimate of drug-likeness (QED) is 0.581. The molecule has 0 spiro atoms. The third-order valence-electron chi connectivity index (χ3n) is 3.65. The summed E-state index contributed by atoms with van der Waals surface area (Å²) in [5, 5.41) is 3.21. The van der Waals surface area contributed by atoms with Gasteiger partial charge >= 0.3 is 0 Å². The van der Waals surface area contributed by atoms with Gasteiger partial charge in [-0.3, -0.25) is 4.79 Å². The van der Waals surface area contributed by atoms with Crippen LogP contribution in [0.4, 0.5) is 5.69 Å². The number of anilines is 1. The number of rotatable bonds is 8. The van der Waals surface area contributed by atoms with Crippen LogP contribution >= 0.6 is 11.6 Å². The fraction of sp³-hybridized carbons (Fsp3) is 0.105. The van der Waals surface area contributed by atoms with Crippen molar-refractivity contribution >= 4 is 33.2 Å². The second-order valence-corrected chi connectivity index (χ2v) is 7.92. The molecule has 3 aromatic rings. The molecule has 1 amide bonds. The molecule has 2 aromatic carbocycles.